The molecular formula is C27H32Cl2F3N3O3. The summed E-state index contributed by atoms with van der Waals surface area (Å²) >= 11 is 12.3. The van der Waals surface area contributed by atoms with Gasteiger partial charge in [-0.1, -0.05) is 44.0 Å². The Bertz CT molecular complexity index is 1170. The SMILES string of the molecule is CCCN1C(=O)C(CC(C)C)NC(=O)C12CCN(Cc1ccc(-c3c(Cl)cc(C(F)(F)F)cc3Cl)o1)CC2. The lowest BCUT2D eigenvalue weighted by atomic mass is 9.81. The van der Waals surface area contributed by atoms with E-state index in [1.807, 2.05) is 20.8 Å². The summed E-state index contributed by atoms with van der Waals surface area (Å²) in [5, 5.41) is 2.70. The minimum absolute atomic E-state index is 0.00502. The summed E-state index contributed by atoms with van der Waals surface area (Å²) in [5.74, 6) is 1.07. The van der Waals surface area contributed by atoms with Gasteiger partial charge >= 0.3 is 6.18 Å². The fourth-order valence-electron chi connectivity index (χ4n) is 5.42. The van der Waals surface area contributed by atoms with Gasteiger partial charge in [-0.2, -0.15) is 13.2 Å². The van der Waals surface area contributed by atoms with Crippen LogP contribution in [0.25, 0.3) is 11.3 Å². The van der Waals surface area contributed by atoms with E-state index in [4.69, 9.17) is 27.6 Å². The molecule has 2 saturated heterocycles. The van der Waals surface area contributed by atoms with Crippen molar-refractivity contribution in [1.82, 2.24) is 15.1 Å². The van der Waals surface area contributed by atoms with E-state index >= 15 is 0 Å². The molecule has 38 heavy (non-hydrogen) atoms. The highest BCUT2D eigenvalue weighted by molar-refractivity contribution is 6.39. The summed E-state index contributed by atoms with van der Waals surface area (Å²) in [7, 11) is 0. The standard InChI is InChI=1S/C27H32Cl2F3N3O3/c1-4-9-35-24(36)21(12-16(2)3)33-25(37)26(35)7-10-34(11-8-26)15-18-5-6-22(38-18)23-19(28)13-17(14-20(23)29)27(30,31)32/h5-6,13-14,16,21H,4,7-12,15H2,1-3H3,(H,33,37). The number of alkyl halides is 3. The minimum atomic E-state index is -4.56. The van der Waals surface area contributed by atoms with Gasteiger partial charge < -0.3 is 14.6 Å². The second kappa shape index (κ2) is 11.1. The molecule has 2 aliphatic heterocycles. The Hall–Kier alpha value is -2.23. The van der Waals surface area contributed by atoms with E-state index in [2.05, 4.69) is 10.2 Å². The number of halogens is 5. The molecule has 0 radical (unpaired) electrons. The molecule has 1 spiro atoms. The predicted molar refractivity (Wildman–Crippen MR) is 140 cm³/mol. The number of piperidine rings is 1. The molecule has 11 heteroatoms. The Morgan fingerprint density at radius 1 is 1.13 bits per heavy atom. The first kappa shape index (κ1) is 28.8. The summed E-state index contributed by atoms with van der Waals surface area (Å²) in [5.41, 5.74) is -1.58. The van der Waals surface area contributed by atoms with Crippen molar-refractivity contribution >= 4 is 35.0 Å². The first-order chi connectivity index (χ1) is 17.9. The summed E-state index contributed by atoms with van der Waals surface area (Å²) in [6.07, 6.45) is -2.18. The molecular weight excluding hydrogens is 542 g/mol. The van der Waals surface area contributed by atoms with Crippen LogP contribution in [-0.4, -0.2) is 52.8 Å². The van der Waals surface area contributed by atoms with E-state index in [1.165, 1.54) is 0 Å². The molecule has 1 N–H and O–H groups in total. The normalized spacial score (nSPS) is 20.4. The van der Waals surface area contributed by atoms with E-state index in [0.717, 1.165) is 18.6 Å². The Labute approximate surface area is 230 Å². The maximum absolute atomic E-state index is 13.3. The Morgan fingerprint density at radius 3 is 2.32 bits per heavy atom. The van der Waals surface area contributed by atoms with Gasteiger partial charge in [-0.3, -0.25) is 14.5 Å². The first-order valence-corrected chi connectivity index (χ1v) is 13.6. The van der Waals surface area contributed by atoms with Crippen molar-refractivity contribution in [3.05, 3.63) is 45.6 Å². The van der Waals surface area contributed by atoms with Gasteiger partial charge in [-0.25, -0.2) is 0 Å². The van der Waals surface area contributed by atoms with Gasteiger partial charge in [0.2, 0.25) is 11.8 Å². The second-order valence-corrected chi connectivity index (χ2v) is 11.3. The maximum atomic E-state index is 13.3. The average molecular weight is 574 g/mol. The van der Waals surface area contributed by atoms with Crippen LogP contribution >= 0.6 is 23.2 Å². The number of carbonyl (C=O) groups excluding carboxylic acids is 2. The molecule has 1 aromatic heterocycles. The van der Waals surface area contributed by atoms with Crippen molar-refractivity contribution in [2.75, 3.05) is 19.6 Å². The van der Waals surface area contributed by atoms with E-state index in [9.17, 15) is 22.8 Å². The van der Waals surface area contributed by atoms with Crippen molar-refractivity contribution in [1.29, 1.82) is 0 Å². The number of nitrogens with one attached hydrogen (secondary N) is 1. The number of furan rings is 1. The van der Waals surface area contributed by atoms with Crippen LogP contribution in [-0.2, 0) is 22.3 Å². The fraction of sp³-hybridized carbons (Fsp3) is 0.556. The molecule has 3 heterocycles. The van der Waals surface area contributed by atoms with Gasteiger partial charge in [0.05, 0.1) is 27.7 Å². The smallest absolute Gasteiger partial charge is 0.416 e. The van der Waals surface area contributed by atoms with Crippen molar-refractivity contribution < 1.29 is 27.2 Å². The van der Waals surface area contributed by atoms with Crippen molar-refractivity contribution in [2.24, 2.45) is 5.92 Å². The molecule has 0 bridgehead atoms. The molecule has 1 atom stereocenters. The Balaban J connectivity index is 1.46. The van der Waals surface area contributed by atoms with Gasteiger partial charge in [0.15, 0.2) is 0 Å². The quantitative estimate of drug-likeness (QED) is 0.417. The largest absolute Gasteiger partial charge is 0.460 e. The molecule has 1 unspecified atom stereocenters. The second-order valence-electron chi connectivity index (χ2n) is 10.5. The molecule has 0 aliphatic carbocycles. The predicted octanol–water partition coefficient (Wildman–Crippen LogP) is 6.39. The Morgan fingerprint density at radius 2 is 1.76 bits per heavy atom. The van der Waals surface area contributed by atoms with Crippen LogP contribution in [0.5, 0.6) is 0 Å². The molecule has 2 aliphatic rings. The minimum Gasteiger partial charge on any atom is -0.460 e. The lowest BCUT2D eigenvalue weighted by Gasteiger charge is -2.51. The highest BCUT2D eigenvalue weighted by Crippen LogP contribution is 2.41. The van der Waals surface area contributed by atoms with Crippen molar-refractivity contribution in [3.8, 4) is 11.3 Å². The summed E-state index contributed by atoms with van der Waals surface area (Å²) in [4.78, 5) is 30.6. The third-order valence-electron chi connectivity index (χ3n) is 7.30. The average Bonchev–Trinajstić information content (AvgIpc) is 3.28. The fourth-order valence-corrected chi connectivity index (χ4v) is 6.10. The summed E-state index contributed by atoms with van der Waals surface area (Å²) < 4.78 is 45.1. The van der Waals surface area contributed by atoms with Gasteiger partial charge in [-0.05, 0) is 55.9 Å². The third-order valence-corrected chi connectivity index (χ3v) is 7.90. The molecule has 4 rings (SSSR count). The molecule has 208 valence electrons. The zero-order chi connectivity index (χ0) is 27.8. The van der Waals surface area contributed by atoms with E-state index in [0.29, 0.717) is 51.2 Å². The molecule has 6 nitrogen and oxygen atoms in total. The zero-order valence-electron chi connectivity index (χ0n) is 21.6. The lowest BCUT2D eigenvalue weighted by Crippen LogP contribution is -2.73. The number of hydrogen-bond donors (Lipinski definition) is 1. The lowest BCUT2D eigenvalue weighted by molar-refractivity contribution is -0.161. The summed E-state index contributed by atoms with van der Waals surface area (Å²) in [6, 6.07) is 4.55. The van der Waals surface area contributed by atoms with E-state index in [-0.39, 0.29) is 39.1 Å². The highest BCUT2D eigenvalue weighted by atomic mass is 35.5. The van der Waals surface area contributed by atoms with Crippen LogP contribution in [0.2, 0.25) is 10.0 Å². The van der Waals surface area contributed by atoms with Crippen molar-refractivity contribution in [3.63, 3.8) is 0 Å². The molecule has 2 amide bonds. The van der Waals surface area contributed by atoms with Crippen LogP contribution in [0.1, 0.15) is 57.8 Å². The number of likely N-dealkylation sites (tertiary alicyclic amines) is 1. The van der Waals surface area contributed by atoms with Crippen molar-refractivity contribution in [2.45, 2.75) is 70.8 Å². The number of piperazine rings is 1. The summed E-state index contributed by atoms with van der Waals surface area (Å²) in [6.45, 7) is 8.20. The molecule has 2 fully saturated rings. The molecule has 1 aromatic carbocycles. The molecule has 0 saturated carbocycles. The van der Waals surface area contributed by atoms with Crippen LogP contribution in [0.15, 0.2) is 28.7 Å². The number of nitrogens with zero attached hydrogens (tertiary/aromatic N) is 2. The van der Waals surface area contributed by atoms with E-state index < -0.39 is 23.3 Å². The van der Waals surface area contributed by atoms with Gasteiger partial charge in [0, 0.05) is 19.6 Å². The monoisotopic (exact) mass is 573 g/mol. The topological polar surface area (TPSA) is 65.8 Å². The first-order valence-electron chi connectivity index (χ1n) is 12.9. The Kier molecular flexibility index (Phi) is 8.40. The van der Waals surface area contributed by atoms with Crippen LogP contribution < -0.4 is 5.32 Å². The van der Waals surface area contributed by atoms with E-state index in [1.54, 1.807) is 17.0 Å². The van der Waals surface area contributed by atoms with Crippen LogP contribution in [0.3, 0.4) is 0 Å². The van der Waals surface area contributed by atoms with Crippen LogP contribution in [0.4, 0.5) is 13.2 Å². The third kappa shape index (κ3) is 5.70. The number of carbonyl (C=O) groups is 2. The zero-order valence-corrected chi connectivity index (χ0v) is 23.1. The number of benzene rings is 1. The number of rotatable bonds is 7. The number of hydrogen-bond acceptors (Lipinski definition) is 4. The van der Waals surface area contributed by atoms with Gasteiger partial charge in [0.1, 0.15) is 23.1 Å². The highest BCUT2D eigenvalue weighted by Gasteiger charge is 2.53. The van der Waals surface area contributed by atoms with Gasteiger partial charge in [-0.15, -0.1) is 0 Å². The van der Waals surface area contributed by atoms with Crippen LogP contribution in [0, 0.1) is 5.92 Å². The number of amides is 2. The maximum Gasteiger partial charge on any atom is 0.416 e. The molecule has 2 aromatic rings. The van der Waals surface area contributed by atoms with Gasteiger partial charge in [0.25, 0.3) is 0 Å².